The Hall–Kier alpha value is -2.35. The van der Waals surface area contributed by atoms with Crippen LogP contribution in [0.15, 0.2) is 36.4 Å². The summed E-state index contributed by atoms with van der Waals surface area (Å²) in [6.07, 6.45) is 0. The number of nitrogens with one attached hydrogen (secondary N) is 2. The first-order valence-corrected chi connectivity index (χ1v) is 8.36. The van der Waals surface area contributed by atoms with Crippen LogP contribution in [0, 0.1) is 0 Å². The highest BCUT2D eigenvalue weighted by Gasteiger charge is 2.16. The zero-order valence-corrected chi connectivity index (χ0v) is 16.1. The molecule has 0 heterocycles. The molecule has 0 saturated heterocycles. The van der Waals surface area contributed by atoms with E-state index in [0.717, 1.165) is 0 Å². The third kappa shape index (κ3) is 4.85. The van der Waals surface area contributed by atoms with Crippen LogP contribution in [0.1, 0.15) is 20.7 Å². The van der Waals surface area contributed by atoms with E-state index in [2.05, 4.69) is 15.4 Å². The van der Waals surface area contributed by atoms with Crippen molar-refractivity contribution in [2.45, 2.75) is 0 Å². The van der Waals surface area contributed by atoms with Crippen molar-refractivity contribution in [1.82, 2.24) is 0 Å². The van der Waals surface area contributed by atoms with Gasteiger partial charge in [-0.2, -0.15) is 0 Å². The molecule has 9 heteroatoms. The monoisotopic (exact) mass is 412 g/mol. The second-order valence-electron chi connectivity index (χ2n) is 4.95. The number of carbonyl (C=O) groups is 2. The van der Waals surface area contributed by atoms with Crippen LogP contribution in [0.25, 0.3) is 0 Å². The number of methoxy groups -OCH3 is 2. The van der Waals surface area contributed by atoms with Crippen molar-refractivity contribution in [1.29, 1.82) is 0 Å². The van der Waals surface area contributed by atoms with Gasteiger partial charge in [0.15, 0.2) is 5.11 Å². The van der Waals surface area contributed by atoms with Crippen LogP contribution in [-0.2, 0) is 9.47 Å². The minimum atomic E-state index is -0.582. The number of ether oxygens (including phenoxy) is 2. The predicted molar refractivity (Wildman–Crippen MR) is 105 cm³/mol. The van der Waals surface area contributed by atoms with E-state index in [1.54, 1.807) is 18.2 Å². The summed E-state index contributed by atoms with van der Waals surface area (Å²) in [5, 5.41) is 6.73. The fourth-order valence-electron chi connectivity index (χ4n) is 2.04. The lowest BCUT2D eigenvalue weighted by Gasteiger charge is -2.14. The van der Waals surface area contributed by atoms with Crippen LogP contribution >= 0.6 is 35.4 Å². The van der Waals surface area contributed by atoms with Crippen LogP contribution < -0.4 is 10.6 Å². The third-order valence-electron chi connectivity index (χ3n) is 3.27. The van der Waals surface area contributed by atoms with Crippen molar-refractivity contribution in [2.75, 3.05) is 24.9 Å². The molecule has 2 rings (SSSR count). The molecule has 0 fully saturated rings. The average Bonchev–Trinajstić information content (AvgIpc) is 2.63. The molecular weight excluding hydrogens is 399 g/mol. The molecule has 0 spiro atoms. The zero-order chi connectivity index (χ0) is 19.3. The van der Waals surface area contributed by atoms with Crippen LogP contribution in [-0.4, -0.2) is 31.3 Å². The fraction of sp³-hybridized carbons (Fsp3) is 0.118. The highest BCUT2D eigenvalue weighted by atomic mass is 35.5. The van der Waals surface area contributed by atoms with E-state index in [0.29, 0.717) is 15.7 Å². The van der Waals surface area contributed by atoms with Crippen molar-refractivity contribution in [3.05, 3.63) is 57.6 Å². The maximum absolute atomic E-state index is 11.9. The number of carbonyl (C=O) groups excluding carboxylic acids is 2. The molecule has 0 bridgehead atoms. The van der Waals surface area contributed by atoms with Gasteiger partial charge in [-0.3, -0.25) is 0 Å². The molecule has 0 aliphatic heterocycles. The lowest BCUT2D eigenvalue weighted by molar-refractivity contribution is 0.0587. The average molecular weight is 413 g/mol. The van der Waals surface area contributed by atoms with Crippen molar-refractivity contribution < 1.29 is 19.1 Å². The summed E-state index contributed by atoms with van der Waals surface area (Å²) in [6.45, 7) is 0. The quantitative estimate of drug-likeness (QED) is 0.569. The Labute approximate surface area is 165 Å². The van der Waals surface area contributed by atoms with E-state index in [4.69, 9.17) is 40.2 Å². The van der Waals surface area contributed by atoms with Crippen LogP contribution in [0.3, 0.4) is 0 Å². The van der Waals surface area contributed by atoms with Gasteiger partial charge in [-0.25, -0.2) is 9.59 Å². The number of anilines is 2. The second kappa shape index (κ2) is 8.84. The van der Waals surface area contributed by atoms with Crippen molar-refractivity contribution in [3.8, 4) is 0 Å². The Morgan fingerprint density at radius 1 is 0.923 bits per heavy atom. The normalized spacial score (nSPS) is 10.0. The molecular formula is C17H14Cl2N2O4S. The van der Waals surface area contributed by atoms with Crippen LogP contribution in [0.4, 0.5) is 11.4 Å². The van der Waals surface area contributed by atoms with Crippen molar-refractivity contribution in [3.63, 3.8) is 0 Å². The molecule has 2 aromatic rings. The molecule has 136 valence electrons. The molecule has 6 nitrogen and oxygen atoms in total. The predicted octanol–water partition coefficient (Wildman–Crippen LogP) is 4.38. The Balaban J connectivity index is 2.27. The molecule has 0 amide bonds. The second-order valence-corrected chi connectivity index (χ2v) is 6.17. The highest BCUT2D eigenvalue weighted by molar-refractivity contribution is 7.80. The number of hydrogen-bond acceptors (Lipinski definition) is 5. The SMILES string of the molecule is COC(=O)c1ccc(C(=O)OC)c(NC(=S)Nc2ccc(Cl)c(Cl)c2)c1. The van der Waals surface area contributed by atoms with Crippen LogP contribution in [0.2, 0.25) is 10.0 Å². The number of esters is 2. The summed E-state index contributed by atoms with van der Waals surface area (Å²) >= 11 is 17.1. The van der Waals surface area contributed by atoms with E-state index in [1.807, 2.05) is 0 Å². The molecule has 2 N–H and O–H groups in total. The number of rotatable bonds is 4. The Morgan fingerprint density at radius 2 is 1.62 bits per heavy atom. The van der Waals surface area contributed by atoms with E-state index in [9.17, 15) is 9.59 Å². The summed E-state index contributed by atoms with van der Waals surface area (Å²) < 4.78 is 9.43. The molecule has 0 atom stereocenters. The van der Waals surface area contributed by atoms with Crippen molar-refractivity contribution >= 4 is 63.8 Å². The molecule has 0 unspecified atom stereocenters. The van der Waals surface area contributed by atoms with Gasteiger partial charge in [-0.15, -0.1) is 0 Å². The largest absolute Gasteiger partial charge is 0.465 e. The maximum atomic E-state index is 11.9. The molecule has 0 aliphatic carbocycles. The number of benzene rings is 2. The minimum absolute atomic E-state index is 0.176. The number of thiocarbonyl (C=S) groups is 1. The first kappa shape index (κ1) is 20.0. The van der Waals surface area contributed by atoms with Gasteiger partial charge in [0.2, 0.25) is 0 Å². The van der Waals surface area contributed by atoms with Gasteiger partial charge in [0.1, 0.15) is 0 Å². The smallest absolute Gasteiger partial charge is 0.339 e. The maximum Gasteiger partial charge on any atom is 0.339 e. The molecule has 0 aromatic heterocycles. The summed E-state index contributed by atoms with van der Waals surface area (Å²) in [6, 6.07) is 9.26. The van der Waals surface area contributed by atoms with Gasteiger partial charge in [0.05, 0.1) is 41.1 Å². The molecule has 26 heavy (non-hydrogen) atoms. The summed E-state index contributed by atoms with van der Waals surface area (Å²) in [7, 11) is 2.52. The fourth-order valence-corrected chi connectivity index (χ4v) is 2.56. The van der Waals surface area contributed by atoms with Gasteiger partial charge in [0, 0.05) is 5.69 Å². The number of halogens is 2. The Kier molecular flexibility index (Phi) is 6.79. The summed E-state index contributed by atoms with van der Waals surface area (Å²) in [5.74, 6) is -1.13. The first-order valence-electron chi connectivity index (χ1n) is 7.19. The lowest BCUT2D eigenvalue weighted by atomic mass is 10.1. The summed E-state index contributed by atoms with van der Waals surface area (Å²) in [5.41, 5.74) is 1.34. The molecule has 0 radical (unpaired) electrons. The number of hydrogen-bond donors (Lipinski definition) is 2. The standard InChI is InChI=1S/C17H14Cl2N2O4S/c1-24-15(22)9-3-5-11(16(23)25-2)14(7-9)21-17(26)20-10-4-6-12(18)13(19)8-10/h3-8H,1-2H3,(H2,20,21,26). The lowest BCUT2D eigenvalue weighted by Crippen LogP contribution is -2.21. The van der Waals surface area contributed by atoms with E-state index >= 15 is 0 Å². The minimum Gasteiger partial charge on any atom is -0.465 e. The topological polar surface area (TPSA) is 76.7 Å². The zero-order valence-electron chi connectivity index (χ0n) is 13.8. The Bertz CT molecular complexity index is 874. The molecule has 0 saturated carbocycles. The van der Waals surface area contributed by atoms with E-state index in [1.165, 1.54) is 32.4 Å². The molecule has 2 aromatic carbocycles. The van der Waals surface area contributed by atoms with Crippen LogP contribution in [0.5, 0.6) is 0 Å². The van der Waals surface area contributed by atoms with Gasteiger partial charge in [0.25, 0.3) is 0 Å². The van der Waals surface area contributed by atoms with Crippen molar-refractivity contribution in [2.24, 2.45) is 0 Å². The third-order valence-corrected chi connectivity index (χ3v) is 4.21. The highest BCUT2D eigenvalue weighted by Crippen LogP contribution is 2.25. The Morgan fingerprint density at radius 3 is 2.23 bits per heavy atom. The first-order chi connectivity index (χ1) is 12.3. The molecule has 0 aliphatic rings. The van der Waals surface area contributed by atoms with E-state index < -0.39 is 11.9 Å². The van der Waals surface area contributed by atoms with Gasteiger partial charge >= 0.3 is 11.9 Å². The summed E-state index contributed by atoms with van der Waals surface area (Å²) in [4.78, 5) is 23.7. The van der Waals surface area contributed by atoms with Gasteiger partial charge in [-0.05, 0) is 48.6 Å². The van der Waals surface area contributed by atoms with Gasteiger partial charge in [-0.1, -0.05) is 23.2 Å². The van der Waals surface area contributed by atoms with E-state index in [-0.39, 0.29) is 21.9 Å². The van der Waals surface area contributed by atoms with Gasteiger partial charge < -0.3 is 20.1 Å².